The van der Waals surface area contributed by atoms with E-state index in [1.165, 1.54) is 0 Å². The fraction of sp³-hybridized carbons (Fsp3) is 0.500. The maximum Gasteiger partial charge on any atom is 0.407 e. The van der Waals surface area contributed by atoms with E-state index in [1.54, 1.807) is 22.9 Å². The average molecular weight is 674 g/mol. The highest BCUT2D eigenvalue weighted by Crippen LogP contribution is 2.38. The molecule has 0 radical (unpaired) electrons. The Kier molecular flexibility index (Phi) is 10.4. The van der Waals surface area contributed by atoms with Gasteiger partial charge >= 0.3 is 6.09 Å². The lowest BCUT2D eigenvalue weighted by Crippen LogP contribution is -2.47. The van der Waals surface area contributed by atoms with Crippen molar-refractivity contribution in [2.75, 3.05) is 0 Å². The van der Waals surface area contributed by atoms with E-state index in [0.717, 1.165) is 41.8 Å². The molecule has 0 saturated heterocycles. The summed E-state index contributed by atoms with van der Waals surface area (Å²) in [6.07, 6.45) is 2.67. The fourth-order valence-electron chi connectivity index (χ4n) is 5.19. The first-order chi connectivity index (χ1) is 20.8. The summed E-state index contributed by atoms with van der Waals surface area (Å²) < 4.78 is 13.6. The molecule has 1 aliphatic carbocycles. The Labute approximate surface area is 278 Å². The molecule has 1 aromatic heterocycles. The van der Waals surface area contributed by atoms with Gasteiger partial charge in [-0.25, -0.2) is 9.48 Å². The molecular formula is C34H46Cl2N4O4Si. The molecule has 1 saturated carbocycles. The SMILES string of the molecule is Cc1c(C(=O)NC2CCCC(NC(=O)OC(C)(C)C)C2)nn(-c2ccc(Cl)cc2Cl)c1-c1ccc(O[Si](C)(C)C(C)(C)C)cc1. The largest absolute Gasteiger partial charge is 0.544 e. The maximum atomic E-state index is 13.8. The number of carbonyl (C=O) groups excluding carboxylic acids is 2. The van der Waals surface area contributed by atoms with Crippen LogP contribution in [0, 0.1) is 6.92 Å². The van der Waals surface area contributed by atoms with Gasteiger partial charge in [0, 0.05) is 28.2 Å². The van der Waals surface area contributed by atoms with Gasteiger partial charge in [0.15, 0.2) is 5.69 Å². The summed E-state index contributed by atoms with van der Waals surface area (Å²) in [5, 5.41) is 11.9. The predicted octanol–water partition coefficient (Wildman–Crippen LogP) is 9.10. The summed E-state index contributed by atoms with van der Waals surface area (Å²) in [7, 11) is -2.02. The van der Waals surface area contributed by atoms with Crippen LogP contribution in [-0.2, 0) is 4.74 Å². The molecule has 2 amide bonds. The molecule has 2 unspecified atom stereocenters. The lowest BCUT2D eigenvalue weighted by molar-refractivity contribution is 0.0489. The van der Waals surface area contributed by atoms with Crippen LogP contribution in [0.25, 0.3) is 16.9 Å². The molecule has 1 aliphatic rings. The number of nitrogens with zero attached hydrogens (tertiary/aromatic N) is 2. The van der Waals surface area contributed by atoms with Crippen LogP contribution in [-0.4, -0.2) is 47.8 Å². The summed E-state index contributed by atoms with van der Waals surface area (Å²) in [5.41, 5.74) is 2.67. The number of rotatable bonds is 7. The number of benzene rings is 2. The van der Waals surface area contributed by atoms with Gasteiger partial charge in [0.2, 0.25) is 8.32 Å². The summed E-state index contributed by atoms with van der Waals surface area (Å²) >= 11 is 12.9. The average Bonchev–Trinajstić information content (AvgIpc) is 3.24. The minimum absolute atomic E-state index is 0.0681. The van der Waals surface area contributed by atoms with Crippen molar-refractivity contribution in [1.29, 1.82) is 0 Å². The smallest absolute Gasteiger partial charge is 0.407 e. The zero-order valence-electron chi connectivity index (χ0n) is 27.8. The molecule has 45 heavy (non-hydrogen) atoms. The van der Waals surface area contributed by atoms with Crippen molar-refractivity contribution in [3.8, 4) is 22.7 Å². The van der Waals surface area contributed by atoms with Gasteiger partial charge in [-0.15, -0.1) is 0 Å². The zero-order valence-corrected chi connectivity index (χ0v) is 30.3. The Morgan fingerprint density at radius 3 is 2.16 bits per heavy atom. The number of alkyl carbamates (subject to hydrolysis) is 1. The lowest BCUT2D eigenvalue weighted by atomic mass is 9.91. The van der Waals surface area contributed by atoms with E-state index in [2.05, 4.69) is 44.5 Å². The van der Waals surface area contributed by atoms with E-state index in [0.29, 0.717) is 27.8 Å². The molecule has 3 aromatic rings. The molecule has 2 N–H and O–H groups in total. The van der Waals surface area contributed by atoms with Crippen LogP contribution < -0.4 is 15.1 Å². The molecule has 1 heterocycles. The van der Waals surface area contributed by atoms with Gasteiger partial charge in [0.1, 0.15) is 11.4 Å². The van der Waals surface area contributed by atoms with Gasteiger partial charge in [-0.1, -0.05) is 44.0 Å². The van der Waals surface area contributed by atoms with E-state index < -0.39 is 20.0 Å². The Morgan fingerprint density at radius 1 is 0.956 bits per heavy atom. The number of hydrogen-bond donors (Lipinski definition) is 2. The molecule has 244 valence electrons. The molecule has 0 aliphatic heterocycles. The van der Waals surface area contributed by atoms with Crippen molar-refractivity contribution in [1.82, 2.24) is 20.4 Å². The highest BCUT2D eigenvalue weighted by Gasteiger charge is 2.39. The third kappa shape index (κ3) is 8.63. The fourth-order valence-corrected chi connectivity index (χ4v) is 6.71. The normalized spacial score (nSPS) is 17.5. The minimum atomic E-state index is -2.02. The number of amides is 2. The third-order valence-electron chi connectivity index (χ3n) is 8.51. The Bertz CT molecular complexity index is 1540. The quantitative estimate of drug-likeness (QED) is 0.244. The molecule has 8 nitrogen and oxygen atoms in total. The molecular weight excluding hydrogens is 627 g/mol. The van der Waals surface area contributed by atoms with Crippen molar-refractivity contribution < 1.29 is 18.8 Å². The van der Waals surface area contributed by atoms with Crippen molar-refractivity contribution in [2.45, 2.75) is 110 Å². The Balaban J connectivity index is 1.62. The molecule has 2 aromatic carbocycles. The predicted molar refractivity (Wildman–Crippen MR) is 184 cm³/mol. The third-order valence-corrected chi connectivity index (χ3v) is 13.4. The van der Waals surface area contributed by atoms with E-state index >= 15 is 0 Å². The second-order valence-electron chi connectivity index (χ2n) is 14.4. The molecule has 2 atom stereocenters. The first kappa shape index (κ1) is 34.9. The van der Waals surface area contributed by atoms with Gasteiger partial charge in [-0.3, -0.25) is 4.79 Å². The molecule has 0 spiro atoms. The van der Waals surface area contributed by atoms with E-state index in [1.807, 2.05) is 52.0 Å². The lowest BCUT2D eigenvalue weighted by Gasteiger charge is -2.36. The topological polar surface area (TPSA) is 94.5 Å². The number of aromatic nitrogens is 2. The second kappa shape index (κ2) is 13.4. The summed E-state index contributed by atoms with van der Waals surface area (Å²) in [6, 6.07) is 12.9. The summed E-state index contributed by atoms with van der Waals surface area (Å²) in [6.45, 7) is 18.5. The van der Waals surface area contributed by atoms with E-state index in [9.17, 15) is 9.59 Å². The Morgan fingerprint density at radius 2 is 1.58 bits per heavy atom. The number of carbonyl (C=O) groups is 2. The number of hydrogen-bond acceptors (Lipinski definition) is 5. The molecule has 1 fully saturated rings. The summed E-state index contributed by atoms with van der Waals surface area (Å²) in [4.78, 5) is 26.1. The highest BCUT2D eigenvalue weighted by molar-refractivity contribution is 6.74. The number of halogens is 2. The van der Waals surface area contributed by atoms with Gasteiger partial charge in [0.25, 0.3) is 5.91 Å². The van der Waals surface area contributed by atoms with Gasteiger partial charge in [0.05, 0.1) is 16.4 Å². The highest BCUT2D eigenvalue weighted by atomic mass is 35.5. The van der Waals surface area contributed by atoms with Gasteiger partial charge in [-0.2, -0.15) is 5.10 Å². The van der Waals surface area contributed by atoms with Crippen LogP contribution in [0.3, 0.4) is 0 Å². The van der Waals surface area contributed by atoms with Crippen LogP contribution in [0.1, 0.15) is 83.3 Å². The maximum absolute atomic E-state index is 13.8. The van der Waals surface area contributed by atoms with Crippen LogP contribution in [0.5, 0.6) is 5.75 Å². The van der Waals surface area contributed by atoms with Crippen LogP contribution in [0.15, 0.2) is 42.5 Å². The monoisotopic (exact) mass is 672 g/mol. The minimum Gasteiger partial charge on any atom is -0.544 e. The first-order valence-corrected chi connectivity index (χ1v) is 19.2. The van der Waals surface area contributed by atoms with Crippen LogP contribution in [0.4, 0.5) is 4.79 Å². The standard InChI is InChI=1S/C34H46Cl2N4O4Si/c1-21-29(31(41)37-24-11-10-12-25(20-24)38-32(42)43-33(2,3)4)39-40(28-18-15-23(35)19-27(28)36)30(21)22-13-16-26(17-14-22)44-45(8,9)34(5,6)7/h13-19,24-25H,10-12,20H2,1-9H3,(H,37,41)(H,38,42). The van der Waals surface area contributed by atoms with Crippen LogP contribution in [0.2, 0.25) is 28.2 Å². The van der Waals surface area contributed by atoms with E-state index in [-0.39, 0.29) is 23.0 Å². The van der Waals surface area contributed by atoms with E-state index in [4.69, 9.17) is 37.5 Å². The molecule has 11 heteroatoms. The van der Waals surface area contributed by atoms with Gasteiger partial charge < -0.3 is 19.8 Å². The zero-order chi connectivity index (χ0) is 33.3. The first-order valence-electron chi connectivity index (χ1n) is 15.5. The second-order valence-corrected chi connectivity index (χ2v) is 20.0. The summed E-state index contributed by atoms with van der Waals surface area (Å²) in [5.74, 6) is 0.529. The number of nitrogens with one attached hydrogen (secondary N) is 2. The molecule has 4 rings (SSSR count). The van der Waals surface area contributed by atoms with Crippen molar-refractivity contribution >= 4 is 43.5 Å². The van der Waals surface area contributed by atoms with Gasteiger partial charge in [-0.05, 0) is 114 Å². The van der Waals surface area contributed by atoms with Crippen molar-refractivity contribution in [3.05, 3.63) is 63.8 Å². The van der Waals surface area contributed by atoms with Crippen LogP contribution >= 0.6 is 23.2 Å². The Hall–Kier alpha value is -3.01. The van der Waals surface area contributed by atoms with Crippen molar-refractivity contribution in [2.24, 2.45) is 0 Å². The molecule has 0 bridgehead atoms. The number of ether oxygens (including phenoxy) is 1. The van der Waals surface area contributed by atoms with Crippen molar-refractivity contribution in [3.63, 3.8) is 0 Å².